The van der Waals surface area contributed by atoms with Gasteiger partial charge in [0.1, 0.15) is 12.6 Å². The molecule has 8 heteroatoms. The van der Waals surface area contributed by atoms with Crippen molar-refractivity contribution in [2.45, 2.75) is 167 Å². The van der Waals surface area contributed by atoms with E-state index in [1.165, 1.54) is 83.5 Å². The summed E-state index contributed by atoms with van der Waals surface area (Å²) in [5.41, 5.74) is 0. The lowest BCUT2D eigenvalue weighted by Gasteiger charge is -2.34. The maximum atomic E-state index is 12.5. The molecule has 0 aliphatic heterocycles. The van der Waals surface area contributed by atoms with E-state index in [2.05, 4.69) is 31.2 Å². The first-order valence-electron chi connectivity index (χ1n) is 18.9. The van der Waals surface area contributed by atoms with Gasteiger partial charge < -0.3 is 28.6 Å². The van der Waals surface area contributed by atoms with Crippen LogP contribution < -0.4 is 5.11 Å². The smallest absolute Gasteiger partial charge is 0.306 e. The number of rotatable bonds is 33. The second-order valence-corrected chi connectivity index (χ2v) is 13.8. The Hall–Kier alpha value is -2.19. The monoisotopic (exact) mass is 666 g/mol. The van der Waals surface area contributed by atoms with Gasteiger partial charge in [0.05, 0.1) is 40.3 Å². The number of esters is 2. The Kier molecular flexibility index (Phi) is 29.7. The van der Waals surface area contributed by atoms with Crippen molar-refractivity contribution in [3.8, 4) is 0 Å². The third-order valence-corrected chi connectivity index (χ3v) is 8.34. The molecule has 47 heavy (non-hydrogen) atoms. The number of carboxylic acids is 1. The second-order valence-electron chi connectivity index (χ2n) is 13.8. The molecule has 0 aliphatic carbocycles. The Morgan fingerprint density at radius 3 is 1.68 bits per heavy atom. The summed E-state index contributed by atoms with van der Waals surface area (Å²) in [6.45, 7) is 4.39. The molecule has 0 N–H and O–H groups in total. The van der Waals surface area contributed by atoms with Gasteiger partial charge in [-0.3, -0.25) is 9.59 Å². The largest absolute Gasteiger partial charge is 0.544 e. The van der Waals surface area contributed by atoms with Crippen LogP contribution in [-0.4, -0.2) is 75.5 Å². The molecule has 0 fully saturated rings. The zero-order valence-electron chi connectivity index (χ0n) is 30.9. The molecule has 8 nitrogen and oxygen atoms in total. The third-order valence-electron chi connectivity index (χ3n) is 8.34. The Balaban J connectivity index is 4.05. The van der Waals surface area contributed by atoms with Gasteiger partial charge in [-0.2, -0.15) is 0 Å². The van der Waals surface area contributed by atoms with Crippen molar-refractivity contribution in [3.63, 3.8) is 0 Å². The number of hydrogen-bond acceptors (Lipinski definition) is 7. The molecule has 0 saturated heterocycles. The minimum atomic E-state index is -1.13. The predicted octanol–water partition coefficient (Wildman–Crippen LogP) is 8.02. The highest BCUT2D eigenvalue weighted by Gasteiger charge is 2.25. The fourth-order valence-corrected chi connectivity index (χ4v) is 5.31. The molecule has 0 aromatic heterocycles. The van der Waals surface area contributed by atoms with E-state index in [4.69, 9.17) is 14.2 Å². The van der Waals surface area contributed by atoms with Crippen LogP contribution in [0.2, 0.25) is 0 Å². The van der Waals surface area contributed by atoms with Crippen molar-refractivity contribution in [2.75, 3.05) is 41.0 Å². The van der Waals surface area contributed by atoms with Crippen LogP contribution in [-0.2, 0) is 28.6 Å². The zero-order valence-corrected chi connectivity index (χ0v) is 30.9. The molecule has 0 aromatic rings. The van der Waals surface area contributed by atoms with E-state index in [0.29, 0.717) is 12.8 Å². The zero-order chi connectivity index (χ0) is 35.0. The topological polar surface area (TPSA) is 102 Å². The van der Waals surface area contributed by atoms with Gasteiger partial charge in [0.2, 0.25) is 0 Å². The molecule has 2 unspecified atom stereocenters. The summed E-state index contributed by atoms with van der Waals surface area (Å²) in [6.07, 6.45) is 31.6. The van der Waals surface area contributed by atoms with Gasteiger partial charge in [-0.15, -0.1) is 0 Å². The number of carbonyl (C=O) groups excluding carboxylic acids is 3. The van der Waals surface area contributed by atoms with Crippen LogP contribution in [0.5, 0.6) is 0 Å². The molecule has 0 amide bonds. The maximum Gasteiger partial charge on any atom is 0.306 e. The van der Waals surface area contributed by atoms with Crippen molar-refractivity contribution >= 4 is 17.9 Å². The van der Waals surface area contributed by atoms with Crippen molar-refractivity contribution in [3.05, 3.63) is 24.3 Å². The highest BCUT2D eigenvalue weighted by Crippen LogP contribution is 2.13. The molecule has 0 spiro atoms. The van der Waals surface area contributed by atoms with E-state index in [1.54, 1.807) is 21.1 Å². The summed E-state index contributed by atoms with van der Waals surface area (Å²) in [6, 6.07) is -0.720. The first-order valence-corrected chi connectivity index (χ1v) is 18.9. The first kappa shape index (κ1) is 44.8. The van der Waals surface area contributed by atoms with Crippen LogP contribution in [0.3, 0.4) is 0 Å². The van der Waals surface area contributed by atoms with Gasteiger partial charge in [-0.05, 0) is 44.9 Å². The van der Waals surface area contributed by atoms with Gasteiger partial charge in [0.15, 0.2) is 6.10 Å². The maximum absolute atomic E-state index is 12.5. The fourth-order valence-electron chi connectivity index (χ4n) is 5.31. The number of nitrogens with zero attached hydrogens (tertiary/aromatic N) is 1. The summed E-state index contributed by atoms with van der Waals surface area (Å²) in [4.78, 5) is 36.0. The summed E-state index contributed by atoms with van der Waals surface area (Å²) in [5.74, 6) is -1.78. The lowest BCUT2D eigenvalue weighted by Crippen LogP contribution is -2.55. The van der Waals surface area contributed by atoms with Crippen LogP contribution in [0.25, 0.3) is 0 Å². The standard InChI is InChI=1S/C39H71NO7/c1-6-8-10-11-12-13-14-15-16-17-18-19-20-21-22-23-24-25-26-27-28-30-38(42)47-35(34-46-37(41)29-9-7-2)33-45-32-31-36(39(43)44)40(3,4)5/h14-15,17-18,35-36H,6-13,16,19-34H2,1-5H3/b15-14-,18-17-. The minimum absolute atomic E-state index is 0.0383. The average molecular weight is 666 g/mol. The van der Waals surface area contributed by atoms with E-state index < -0.39 is 18.1 Å². The first-order chi connectivity index (χ1) is 22.6. The number of carbonyl (C=O) groups is 3. The number of carboxylic acid groups (broad SMARTS) is 1. The number of quaternary nitrogens is 1. The van der Waals surface area contributed by atoms with E-state index >= 15 is 0 Å². The van der Waals surface area contributed by atoms with Gasteiger partial charge in [-0.25, -0.2) is 0 Å². The number of aliphatic carboxylic acids is 1. The van der Waals surface area contributed by atoms with E-state index in [1.807, 2.05) is 6.92 Å². The molecule has 0 heterocycles. The lowest BCUT2D eigenvalue weighted by atomic mass is 10.1. The van der Waals surface area contributed by atoms with Crippen LogP contribution >= 0.6 is 0 Å². The molecule has 0 aromatic carbocycles. The van der Waals surface area contributed by atoms with Crippen molar-refractivity contribution < 1.29 is 38.2 Å². The average Bonchev–Trinajstić information content (AvgIpc) is 3.02. The molecular weight excluding hydrogens is 594 g/mol. The number of likely N-dealkylation sites (N-methyl/N-ethyl adjacent to an activating group) is 1. The van der Waals surface area contributed by atoms with E-state index in [9.17, 15) is 19.5 Å². The molecule has 274 valence electrons. The Morgan fingerprint density at radius 1 is 0.638 bits per heavy atom. The third kappa shape index (κ3) is 29.7. The van der Waals surface area contributed by atoms with Crippen molar-refractivity contribution in [1.29, 1.82) is 0 Å². The number of hydrogen-bond donors (Lipinski definition) is 0. The predicted molar refractivity (Wildman–Crippen MR) is 190 cm³/mol. The molecule has 0 aliphatic rings. The van der Waals surface area contributed by atoms with Crippen LogP contribution in [0.15, 0.2) is 24.3 Å². The molecule has 0 saturated carbocycles. The van der Waals surface area contributed by atoms with E-state index in [-0.39, 0.29) is 42.7 Å². The summed E-state index contributed by atoms with van der Waals surface area (Å²) in [7, 11) is 5.37. The summed E-state index contributed by atoms with van der Waals surface area (Å²) < 4.78 is 16.8. The van der Waals surface area contributed by atoms with Crippen LogP contribution in [0, 0.1) is 0 Å². The fraction of sp³-hybridized carbons (Fsp3) is 0.821. The molecule has 2 atom stereocenters. The number of unbranched alkanes of at least 4 members (excludes halogenated alkanes) is 15. The molecule has 0 rings (SSSR count). The highest BCUT2D eigenvalue weighted by atomic mass is 16.6. The van der Waals surface area contributed by atoms with Crippen LogP contribution in [0.1, 0.15) is 155 Å². The normalized spacial score (nSPS) is 13.3. The molecule has 0 bridgehead atoms. The van der Waals surface area contributed by atoms with Gasteiger partial charge in [0, 0.05) is 19.3 Å². The van der Waals surface area contributed by atoms with Crippen LogP contribution in [0.4, 0.5) is 0 Å². The van der Waals surface area contributed by atoms with Crippen molar-refractivity contribution in [2.24, 2.45) is 0 Å². The Bertz CT molecular complexity index is 834. The highest BCUT2D eigenvalue weighted by molar-refractivity contribution is 5.70. The van der Waals surface area contributed by atoms with Crippen molar-refractivity contribution in [1.82, 2.24) is 0 Å². The molecular formula is C39H71NO7. The van der Waals surface area contributed by atoms with Gasteiger partial charge in [-0.1, -0.05) is 115 Å². The number of allylic oxidation sites excluding steroid dienone is 4. The van der Waals surface area contributed by atoms with Gasteiger partial charge >= 0.3 is 11.9 Å². The van der Waals surface area contributed by atoms with E-state index in [0.717, 1.165) is 38.5 Å². The Morgan fingerprint density at radius 2 is 1.15 bits per heavy atom. The second kappa shape index (κ2) is 31.1. The molecule has 0 radical (unpaired) electrons. The quantitative estimate of drug-likeness (QED) is 0.0303. The van der Waals surface area contributed by atoms with Gasteiger partial charge in [0.25, 0.3) is 0 Å². The lowest BCUT2D eigenvalue weighted by molar-refractivity contribution is -0.889. The summed E-state index contributed by atoms with van der Waals surface area (Å²) >= 11 is 0. The Labute approximate surface area is 288 Å². The SMILES string of the molecule is CCCCCCC/C=C\C/C=C\CCCCCCCCCCCC(=O)OC(COCCC(C(=O)[O-])[N+](C)(C)C)COC(=O)CCCC. The minimum Gasteiger partial charge on any atom is -0.544 e. The number of ether oxygens (including phenoxy) is 3. The summed E-state index contributed by atoms with van der Waals surface area (Å²) in [5, 5.41) is 11.5.